The van der Waals surface area contributed by atoms with E-state index in [1.165, 1.54) is 6.07 Å². The first-order valence-corrected chi connectivity index (χ1v) is 11.7. The predicted octanol–water partition coefficient (Wildman–Crippen LogP) is 5.52. The van der Waals surface area contributed by atoms with Gasteiger partial charge in [-0.2, -0.15) is 0 Å². The number of hydrogen-bond acceptors (Lipinski definition) is 3. The van der Waals surface area contributed by atoms with Gasteiger partial charge in [-0.3, -0.25) is 0 Å². The van der Waals surface area contributed by atoms with Crippen molar-refractivity contribution in [2.45, 2.75) is 52.1 Å². The van der Waals surface area contributed by atoms with E-state index < -0.39 is 8.32 Å². The molecule has 2 aromatic rings. The molecular weight excluding hydrogens is 347 g/mol. The molecule has 26 heavy (non-hydrogen) atoms. The van der Waals surface area contributed by atoms with E-state index in [-0.39, 0.29) is 17.5 Å². The smallest absolute Gasteiger partial charge is 0.192 e. The molecular formula is C21H29FO3Si. The first-order chi connectivity index (χ1) is 12.1. The summed E-state index contributed by atoms with van der Waals surface area (Å²) in [6.45, 7) is 11.3. The SMILES string of the molecule is COc1ccc(F)c(-c2ccc(CO[Si](C)(C)C(C)(C)C)cc2CO)c1. The van der Waals surface area contributed by atoms with Crippen LogP contribution in [-0.4, -0.2) is 20.5 Å². The van der Waals surface area contributed by atoms with Crippen molar-refractivity contribution in [1.29, 1.82) is 0 Å². The molecule has 2 aromatic carbocycles. The molecule has 0 radical (unpaired) electrons. The highest BCUT2D eigenvalue weighted by molar-refractivity contribution is 6.74. The van der Waals surface area contributed by atoms with Crippen LogP contribution in [0.15, 0.2) is 36.4 Å². The van der Waals surface area contributed by atoms with Crippen molar-refractivity contribution in [1.82, 2.24) is 0 Å². The van der Waals surface area contributed by atoms with Gasteiger partial charge in [-0.15, -0.1) is 0 Å². The normalized spacial score (nSPS) is 12.3. The first-order valence-electron chi connectivity index (χ1n) is 8.79. The molecule has 0 saturated heterocycles. The fraction of sp³-hybridized carbons (Fsp3) is 0.429. The zero-order valence-electron chi connectivity index (χ0n) is 16.5. The van der Waals surface area contributed by atoms with E-state index >= 15 is 0 Å². The molecule has 2 rings (SSSR count). The lowest BCUT2D eigenvalue weighted by molar-refractivity contribution is 0.272. The van der Waals surface area contributed by atoms with Crippen LogP contribution in [0.3, 0.4) is 0 Å². The Hall–Kier alpha value is -1.69. The standard InChI is InChI=1S/C21H29FO3Si/c1-21(2,3)26(5,6)25-14-15-7-9-18(16(11-15)13-23)19-12-17(24-4)8-10-20(19)22/h7-12,23H,13-14H2,1-6H3. The maximum atomic E-state index is 14.3. The third kappa shape index (κ3) is 4.53. The van der Waals surface area contributed by atoms with E-state index in [2.05, 4.69) is 33.9 Å². The summed E-state index contributed by atoms with van der Waals surface area (Å²) < 4.78 is 25.7. The molecule has 0 saturated carbocycles. The fourth-order valence-corrected chi connectivity index (χ4v) is 3.41. The number of hydrogen-bond donors (Lipinski definition) is 1. The van der Waals surface area contributed by atoms with E-state index in [9.17, 15) is 9.50 Å². The van der Waals surface area contributed by atoms with Crippen LogP contribution >= 0.6 is 0 Å². The van der Waals surface area contributed by atoms with Crippen molar-refractivity contribution < 1.29 is 18.7 Å². The predicted molar refractivity (Wildman–Crippen MR) is 106 cm³/mol. The molecule has 0 unspecified atom stereocenters. The van der Waals surface area contributed by atoms with Crippen molar-refractivity contribution in [3.63, 3.8) is 0 Å². The maximum absolute atomic E-state index is 14.3. The van der Waals surface area contributed by atoms with Crippen LogP contribution < -0.4 is 4.74 Å². The lowest BCUT2D eigenvalue weighted by Gasteiger charge is -2.36. The van der Waals surface area contributed by atoms with Crippen LogP contribution in [0, 0.1) is 5.82 Å². The van der Waals surface area contributed by atoms with Gasteiger partial charge in [-0.05, 0) is 53.0 Å². The number of aliphatic hydroxyl groups is 1. The van der Waals surface area contributed by atoms with Crippen LogP contribution in [-0.2, 0) is 17.6 Å². The Kier molecular flexibility index (Phi) is 6.27. The van der Waals surface area contributed by atoms with Crippen LogP contribution in [0.25, 0.3) is 11.1 Å². The molecule has 0 bridgehead atoms. The second-order valence-electron chi connectivity index (χ2n) is 8.04. The van der Waals surface area contributed by atoms with Crippen molar-refractivity contribution >= 4 is 8.32 Å². The molecule has 0 aliphatic heterocycles. The van der Waals surface area contributed by atoms with Gasteiger partial charge in [0.25, 0.3) is 0 Å². The summed E-state index contributed by atoms with van der Waals surface area (Å²) in [6.07, 6.45) is 0. The second-order valence-corrected chi connectivity index (χ2v) is 12.9. The minimum atomic E-state index is -1.85. The van der Waals surface area contributed by atoms with E-state index in [0.717, 1.165) is 5.56 Å². The van der Waals surface area contributed by atoms with Crippen molar-refractivity contribution in [3.8, 4) is 16.9 Å². The van der Waals surface area contributed by atoms with Gasteiger partial charge in [-0.1, -0.05) is 39.0 Å². The minimum Gasteiger partial charge on any atom is -0.497 e. The quantitative estimate of drug-likeness (QED) is 0.675. The first kappa shape index (κ1) is 20.6. The third-order valence-corrected chi connectivity index (χ3v) is 9.69. The largest absolute Gasteiger partial charge is 0.497 e. The number of methoxy groups -OCH3 is 1. The summed E-state index contributed by atoms with van der Waals surface area (Å²) in [5.74, 6) is 0.237. The highest BCUT2D eigenvalue weighted by Gasteiger charge is 2.37. The van der Waals surface area contributed by atoms with E-state index in [0.29, 0.717) is 29.0 Å². The highest BCUT2D eigenvalue weighted by Crippen LogP contribution is 2.37. The third-order valence-electron chi connectivity index (χ3n) is 5.21. The molecule has 0 aliphatic rings. The Morgan fingerprint density at radius 2 is 1.73 bits per heavy atom. The topological polar surface area (TPSA) is 38.7 Å². The zero-order valence-corrected chi connectivity index (χ0v) is 17.5. The maximum Gasteiger partial charge on any atom is 0.192 e. The Morgan fingerprint density at radius 1 is 1.04 bits per heavy atom. The number of ether oxygens (including phenoxy) is 1. The summed E-state index contributed by atoms with van der Waals surface area (Å²) in [6, 6.07) is 10.3. The van der Waals surface area contributed by atoms with Crippen LogP contribution in [0.4, 0.5) is 4.39 Å². The molecule has 0 atom stereocenters. The van der Waals surface area contributed by atoms with Gasteiger partial charge in [0.1, 0.15) is 11.6 Å². The van der Waals surface area contributed by atoms with Crippen LogP contribution in [0.1, 0.15) is 31.9 Å². The van der Waals surface area contributed by atoms with E-state index in [1.54, 1.807) is 19.2 Å². The average Bonchev–Trinajstić information content (AvgIpc) is 2.59. The molecule has 0 aliphatic carbocycles. The summed E-state index contributed by atoms with van der Waals surface area (Å²) in [4.78, 5) is 0. The molecule has 5 heteroatoms. The van der Waals surface area contributed by atoms with Gasteiger partial charge in [0.15, 0.2) is 8.32 Å². The Labute approximate surface area is 156 Å². The van der Waals surface area contributed by atoms with Crippen LogP contribution in [0.5, 0.6) is 5.75 Å². The minimum absolute atomic E-state index is 0.135. The fourth-order valence-electron chi connectivity index (χ4n) is 2.45. The van der Waals surface area contributed by atoms with Gasteiger partial charge >= 0.3 is 0 Å². The molecule has 1 N–H and O–H groups in total. The summed E-state index contributed by atoms with van der Waals surface area (Å²) in [5.41, 5.74) is 2.74. The summed E-state index contributed by atoms with van der Waals surface area (Å²) in [5, 5.41) is 9.93. The number of aliphatic hydroxyl groups excluding tert-OH is 1. The lowest BCUT2D eigenvalue weighted by atomic mass is 9.97. The molecule has 0 heterocycles. The van der Waals surface area contributed by atoms with Crippen LogP contribution in [0.2, 0.25) is 18.1 Å². The number of halogens is 1. The van der Waals surface area contributed by atoms with E-state index in [4.69, 9.17) is 9.16 Å². The number of benzene rings is 2. The van der Waals surface area contributed by atoms with E-state index in [1.807, 2.05) is 18.2 Å². The zero-order chi connectivity index (χ0) is 19.5. The molecule has 0 amide bonds. The van der Waals surface area contributed by atoms with Gasteiger partial charge in [0.2, 0.25) is 0 Å². The van der Waals surface area contributed by atoms with Gasteiger partial charge in [0.05, 0.1) is 20.3 Å². The molecule has 3 nitrogen and oxygen atoms in total. The van der Waals surface area contributed by atoms with Crippen molar-refractivity contribution in [3.05, 3.63) is 53.3 Å². The Morgan fingerprint density at radius 3 is 2.31 bits per heavy atom. The van der Waals surface area contributed by atoms with Crippen molar-refractivity contribution in [2.75, 3.05) is 7.11 Å². The van der Waals surface area contributed by atoms with Crippen molar-refractivity contribution in [2.24, 2.45) is 0 Å². The molecule has 0 aromatic heterocycles. The van der Waals surface area contributed by atoms with Gasteiger partial charge < -0.3 is 14.3 Å². The summed E-state index contributed by atoms with van der Waals surface area (Å²) >= 11 is 0. The number of rotatable bonds is 6. The van der Waals surface area contributed by atoms with Gasteiger partial charge in [-0.25, -0.2) is 4.39 Å². The average molecular weight is 377 g/mol. The molecule has 142 valence electrons. The monoisotopic (exact) mass is 376 g/mol. The Bertz CT molecular complexity index is 766. The molecule has 0 spiro atoms. The van der Waals surface area contributed by atoms with Gasteiger partial charge in [0, 0.05) is 5.56 Å². The summed E-state index contributed by atoms with van der Waals surface area (Å²) in [7, 11) is -0.306. The lowest BCUT2D eigenvalue weighted by Crippen LogP contribution is -2.40. The highest BCUT2D eigenvalue weighted by atomic mass is 28.4. The Balaban J connectivity index is 2.31. The second kappa shape index (κ2) is 7.90. The molecule has 0 fully saturated rings.